The van der Waals surface area contributed by atoms with E-state index in [-0.39, 0.29) is 5.95 Å². The molecule has 1 aromatic heterocycles. The number of fused-ring (bicyclic) bond motifs is 1. The Labute approximate surface area is 152 Å². The van der Waals surface area contributed by atoms with E-state index < -0.39 is 15.8 Å². The predicted octanol–water partition coefficient (Wildman–Crippen LogP) is 1.92. The third-order valence-corrected chi connectivity index (χ3v) is 6.34. The number of rotatable bonds is 5. The molecule has 3 aromatic rings. The number of benzene rings is 2. The van der Waals surface area contributed by atoms with E-state index in [1.165, 1.54) is 14.1 Å². The maximum Gasteiger partial charge on any atom is 0.310 e. The molecule has 2 aromatic carbocycles. The summed E-state index contributed by atoms with van der Waals surface area (Å²) in [6, 6.07) is 14.3. The topological polar surface area (TPSA) is 101 Å². The normalized spacial score (nSPS) is 14.7. The van der Waals surface area contributed by atoms with E-state index in [0.717, 1.165) is 13.8 Å². The first-order valence-corrected chi connectivity index (χ1v) is 9.61. The molecule has 8 heteroatoms. The van der Waals surface area contributed by atoms with Crippen LogP contribution in [0, 0.1) is 0 Å². The van der Waals surface area contributed by atoms with Gasteiger partial charge in [-0.05, 0) is 29.7 Å². The van der Waals surface area contributed by atoms with Crippen LogP contribution >= 0.6 is 0 Å². The van der Waals surface area contributed by atoms with Crippen molar-refractivity contribution in [3.63, 3.8) is 0 Å². The van der Waals surface area contributed by atoms with Crippen molar-refractivity contribution in [2.45, 2.75) is 18.9 Å². The number of nitrogen functional groups attached to an aromatic ring is 1. The Morgan fingerprint density at radius 2 is 1.81 bits per heavy atom. The second-order valence-electron chi connectivity index (χ2n) is 6.31. The van der Waals surface area contributed by atoms with Gasteiger partial charge in [0.15, 0.2) is 0 Å². The van der Waals surface area contributed by atoms with Crippen LogP contribution in [-0.2, 0) is 15.8 Å². The molecule has 0 aliphatic carbocycles. The third kappa shape index (κ3) is 2.76. The molecule has 0 radical (unpaired) electrons. The van der Waals surface area contributed by atoms with Gasteiger partial charge in [-0.2, -0.15) is 16.7 Å². The summed E-state index contributed by atoms with van der Waals surface area (Å²) in [6.45, 7) is 1.87. The van der Waals surface area contributed by atoms with Crippen LogP contribution in [0.25, 0.3) is 11.0 Å². The summed E-state index contributed by atoms with van der Waals surface area (Å²) in [6.07, 6.45) is 0.423. The molecule has 0 saturated heterocycles. The predicted molar refractivity (Wildman–Crippen MR) is 102 cm³/mol. The first-order chi connectivity index (χ1) is 12.2. The van der Waals surface area contributed by atoms with E-state index >= 15 is 0 Å². The molecule has 1 heterocycles. The molecular weight excluding hydrogens is 352 g/mol. The van der Waals surface area contributed by atoms with Crippen LogP contribution in [0.3, 0.4) is 0 Å². The number of anilines is 1. The van der Waals surface area contributed by atoms with E-state index in [0.29, 0.717) is 23.0 Å². The van der Waals surface area contributed by atoms with E-state index in [9.17, 15) is 13.5 Å². The van der Waals surface area contributed by atoms with Crippen LogP contribution in [0.1, 0.15) is 24.5 Å². The number of hydrogen-bond acceptors (Lipinski definition) is 5. The molecule has 7 nitrogen and oxygen atoms in total. The van der Waals surface area contributed by atoms with Crippen LogP contribution in [0.15, 0.2) is 48.5 Å². The Bertz CT molecular complexity index is 1040. The lowest BCUT2D eigenvalue weighted by atomic mass is 9.84. The lowest BCUT2D eigenvalue weighted by Gasteiger charge is -2.28. The second-order valence-corrected chi connectivity index (χ2v) is 8.30. The molecule has 0 spiro atoms. The summed E-state index contributed by atoms with van der Waals surface area (Å²) in [5.41, 5.74) is 6.70. The van der Waals surface area contributed by atoms with Gasteiger partial charge in [-0.1, -0.05) is 43.3 Å². The number of nitrogens with two attached hydrogens (primary N) is 1. The molecule has 26 heavy (non-hydrogen) atoms. The minimum absolute atomic E-state index is 0.120. The van der Waals surface area contributed by atoms with Crippen LogP contribution in [0.4, 0.5) is 5.95 Å². The number of imidazole rings is 1. The average molecular weight is 374 g/mol. The lowest BCUT2D eigenvalue weighted by Crippen LogP contribution is -2.30. The van der Waals surface area contributed by atoms with Crippen molar-refractivity contribution in [2.75, 3.05) is 19.8 Å². The fraction of sp³-hybridized carbons (Fsp3) is 0.278. The van der Waals surface area contributed by atoms with Gasteiger partial charge in [0, 0.05) is 14.1 Å². The minimum Gasteiger partial charge on any atom is -0.380 e. The smallest absolute Gasteiger partial charge is 0.310 e. The zero-order valence-electron chi connectivity index (χ0n) is 14.9. The van der Waals surface area contributed by atoms with Gasteiger partial charge in [0.25, 0.3) is 0 Å². The van der Waals surface area contributed by atoms with Gasteiger partial charge in [0.05, 0.1) is 11.0 Å². The van der Waals surface area contributed by atoms with Gasteiger partial charge < -0.3 is 10.8 Å². The van der Waals surface area contributed by atoms with Gasteiger partial charge in [0.2, 0.25) is 5.95 Å². The monoisotopic (exact) mass is 374 g/mol. The molecule has 138 valence electrons. The summed E-state index contributed by atoms with van der Waals surface area (Å²) in [7, 11) is -0.989. The van der Waals surface area contributed by atoms with Crippen LogP contribution in [0.5, 0.6) is 0 Å². The molecule has 0 aliphatic heterocycles. The number of aliphatic hydroxyl groups is 1. The number of aromatic nitrogens is 2. The minimum atomic E-state index is -3.84. The van der Waals surface area contributed by atoms with Gasteiger partial charge in [-0.3, -0.25) is 0 Å². The van der Waals surface area contributed by atoms with Crippen molar-refractivity contribution < 1.29 is 13.5 Å². The molecule has 3 N–H and O–H groups in total. The maximum atomic E-state index is 12.6. The molecule has 0 fully saturated rings. The Balaban J connectivity index is 2.27. The van der Waals surface area contributed by atoms with E-state index in [1.807, 2.05) is 37.3 Å². The van der Waals surface area contributed by atoms with E-state index in [4.69, 9.17) is 5.73 Å². The van der Waals surface area contributed by atoms with Crippen molar-refractivity contribution in [1.82, 2.24) is 13.3 Å². The summed E-state index contributed by atoms with van der Waals surface area (Å²) in [4.78, 5) is 4.14. The van der Waals surface area contributed by atoms with Crippen molar-refractivity contribution in [3.8, 4) is 0 Å². The highest BCUT2D eigenvalue weighted by Crippen LogP contribution is 2.35. The zero-order chi connectivity index (χ0) is 19.1. The first-order valence-electron chi connectivity index (χ1n) is 8.21. The molecule has 3 rings (SSSR count). The average Bonchev–Trinajstić information content (AvgIpc) is 2.97. The number of nitrogens with zero attached hydrogens (tertiary/aromatic N) is 3. The second kappa shape index (κ2) is 6.39. The van der Waals surface area contributed by atoms with E-state index in [2.05, 4.69) is 4.98 Å². The molecular formula is C18H22N4O3S. The molecule has 0 saturated carbocycles. The standard InChI is InChI=1S/C18H22N4O3S/c1-4-18(23,13-8-6-5-7-9-13)14-10-11-15-16(12-14)22(17(19)20-15)26(24,25)21(2)3/h5-12,23H,4H2,1-3H3,(H2,19,20). The van der Waals surface area contributed by atoms with Crippen LogP contribution in [-0.4, -0.2) is 40.9 Å². The summed E-state index contributed by atoms with van der Waals surface area (Å²) in [5.74, 6) is -0.120. The molecule has 1 unspecified atom stereocenters. The van der Waals surface area contributed by atoms with Crippen LogP contribution in [0.2, 0.25) is 0 Å². The third-order valence-electron chi connectivity index (χ3n) is 4.57. The SMILES string of the molecule is CCC(O)(c1ccccc1)c1ccc2nc(N)n(S(=O)(=O)N(C)C)c2c1. The fourth-order valence-electron chi connectivity index (χ4n) is 3.02. The molecule has 0 amide bonds. The Morgan fingerprint density at radius 3 is 2.38 bits per heavy atom. The molecule has 0 aliphatic rings. The van der Waals surface area contributed by atoms with Crippen molar-refractivity contribution in [2.24, 2.45) is 0 Å². The summed E-state index contributed by atoms with van der Waals surface area (Å²) >= 11 is 0. The summed E-state index contributed by atoms with van der Waals surface area (Å²) in [5, 5.41) is 11.3. The van der Waals surface area contributed by atoms with E-state index in [1.54, 1.807) is 18.2 Å². The highest BCUT2D eigenvalue weighted by atomic mass is 32.2. The highest BCUT2D eigenvalue weighted by Gasteiger charge is 2.31. The Hall–Kier alpha value is -2.42. The first kappa shape index (κ1) is 18.4. The Kier molecular flexibility index (Phi) is 4.51. The zero-order valence-corrected chi connectivity index (χ0v) is 15.7. The fourth-order valence-corrected chi connectivity index (χ4v) is 4.02. The maximum absolute atomic E-state index is 12.6. The molecule has 0 bridgehead atoms. The largest absolute Gasteiger partial charge is 0.380 e. The van der Waals surface area contributed by atoms with Gasteiger partial charge in [-0.15, -0.1) is 0 Å². The van der Waals surface area contributed by atoms with Gasteiger partial charge in [0.1, 0.15) is 5.60 Å². The lowest BCUT2D eigenvalue weighted by molar-refractivity contribution is 0.0766. The quantitative estimate of drug-likeness (QED) is 0.710. The van der Waals surface area contributed by atoms with Crippen molar-refractivity contribution in [1.29, 1.82) is 0 Å². The summed E-state index contributed by atoms with van der Waals surface area (Å²) < 4.78 is 27.3. The van der Waals surface area contributed by atoms with Crippen molar-refractivity contribution in [3.05, 3.63) is 59.7 Å². The highest BCUT2D eigenvalue weighted by molar-refractivity contribution is 7.87. The number of hydrogen-bond donors (Lipinski definition) is 2. The van der Waals surface area contributed by atoms with Crippen molar-refractivity contribution >= 4 is 27.2 Å². The molecule has 1 atom stereocenters. The van der Waals surface area contributed by atoms with Crippen LogP contribution < -0.4 is 5.73 Å². The van der Waals surface area contributed by atoms with Gasteiger partial charge >= 0.3 is 10.2 Å². The Morgan fingerprint density at radius 1 is 1.15 bits per heavy atom. The van der Waals surface area contributed by atoms with Gasteiger partial charge in [-0.25, -0.2) is 4.98 Å².